The van der Waals surface area contributed by atoms with E-state index in [2.05, 4.69) is 4.98 Å². The zero-order valence-corrected chi connectivity index (χ0v) is 8.06. The molecule has 0 aliphatic heterocycles. The summed E-state index contributed by atoms with van der Waals surface area (Å²) in [4.78, 5) is 14.4. The highest BCUT2D eigenvalue weighted by Gasteiger charge is 2.31. The number of rotatable bonds is 2. The Morgan fingerprint density at radius 3 is 2.67 bits per heavy atom. The zero-order valence-electron chi connectivity index (χ0n) is 7.31. The van der Waals surface area contributed by atoms with Crippen LogP contribution in [0.3, 0.4) is 0 Å². The topological polar surface area (TPSA) is 42.0 Å². The van der Waals surface area contributed by atoms with Gasteiger partial charge in [-0.1, -0.05) is 17.7 Å². The van der Waals surface area contributed by atoms with Crippen molar-refractivity contribution in [2.24, 2.45) is 0 Å². The van der Waals surface area contributed by atoms with E-state index in [1.807, 2.05) is 5.32 Å². The number of hydrogen-bond acceptors (Lipinski definition) is 2. The third kappa shape index (κ3) is 4.64. The van der Waals surface area contributed by atoms with Crippen LogP contribution >= 0.6 is 11.6 Å². The van der Waals surface area contributed by atoms with E-state index in [0.717, 1.165) is 0 Å². The summed E-state index contributed by atoms with van der Waals surface area (Å²) in [6, 6.07) is 4.26. The first-order valence-electron chi connectivity index (χ1n) is 3.86. The van der Waals surface area contributed by atoms with Crippen molar-refractivity contribution in [1.82, 2.24) is 4.98 Å². The Kier molecular flexibility index (Phi) is 3.52. The molecular weight excluding hydrogens is 233 g/mol. The summed E-state index contributed by atoms with van der Waals surface area (Å²) in [5.41, 5.74) is 0. The lowest BCUT2D eigenvalue weighted by molar-refractivity contribution is -0.150. The Morgan fingerprint density at radius 1 is 1.47 bits per heavy atom. The predicted molar refractivity (Wildman–Crippen MR) is 48.5 cm³/mol. The average molecular weight is 239 g/mol. The van der Waals surface area contributed by atoms with Crippen molar-refractivity contribution in [3.05, 3.63) is 23.4 Å². The van der Waals surface area contributed by atoms with Gasteiger partial charge in [-0.25, -0.2) is 4.98 Å². The van der Waals surface area contributed by atoms with Gasteiger partial charge in [0.25, 0.3) is 0 Å². The molecule has 82 valence electrons. The molecule has 1 aromatic rings. The Bertz CT molecular complexity index is 367. The molecule has 1 amide bonds. The standard InChI is InChI=1S/C8H6ClF3N2O/c9-5-2-1-3-6(13-5)14-7(15)4-8(10,11)12/h1-3H,4H2,(H,13,14,15). The van der Waals surface area contributed by atoms with E-state index in [9.17, 15) is 18.0 Å². The minimum absolute atomic E-state index is 0.00301. The van der Waals surface area contributed by atoms with Gasteiger partial charge in [-0.15, -0.1) is 0 Å². The number of nitrogens with one attached hydrogen (secondary N) is 1. The molecule has 15 heavy (non-hydrogen) atoms. The minimum atomic E-state index is -4.53. The molecule has 1 N–H and O–H groups in total. The number of carbonyl (C=O) groups excluding carboxylic acids is 1. The molecule has 0 aromatic carbocycles. The third-order valence-electron chi connectivity index (χ3n) is 1.34. The fourth-order valence-corrected chi connectivity index (χ4v) is 1.01. The third-order valence-corrected chi connectivity index (χ3v) is 1.55. The highest BCUT2D eigenvalue weighted by Crippen LogP contribution is 2.20. The van der Waals surface area contributed by atoms with E-state index in [-0.39, 0.29) is 11.0 Å². The Morgan fingerprint density at radius 2 is 2.13 bits per heavy atom. The number of amides is 1. The summed E-state index contributed by atoms with van der Waals surface area (Å²) in [5, 5.41) is 2.08. The van der Waals surface area contributed by atoms with E-state index in [4.69, 9.17) is 11.6 Å². The second-order valence-corrected chi connectivity index (χ2v) is 3.07. The molecule has 0 saturated carbocycles. The Balaban J connectivity index is 2.59. The van der Waals surface area contributed by atoms with Crippen LogP contribution in [-0.2, 0) is 4.79 Å². The molecule has 0 fully saturated rings. The number of pyridine rings is 1. The van der Waals surface area contributed by atoms with Crippen molar-refractivity contribution in [2.45, 2.75) is 12.6 Å². The molecule has 7 heteroatoms. The number of anilines is 1. The number of hydrogen-bond donors (Lipinski definition) is 1. The fourth-order valence-electron chi connectivity index (χ4n) is 0.847. The van der Waals surface area contributed by atoms with Crippen LogP contribution < -0.4 is 5.32 Å². The van der Waals surface area contributed by atoms with Gasteiger partial charge in [0.1, 0.15) is 17.4 Å². The van der Waals surface area contributed by atoms with Gasteiger partial charge in [-0.3, -0.25) is 4.79 Å². The molecule has 0 aliphatic rings. The molecule has 0 saturated heterocycles. The molecule has 1 heterocycles. The van der Waals surface area contributed by atoms with Gasteiger partial charge < -0.3 is 5.32 Å². The number of halogens is 4. The van der Waals surface area contributed by atoms with Gasteiger partial charge in [0, 0.05) is 0 Å². The van der Waals surface area contributed by atoms with Crippen LogP contribution in [0.2, 0.25) is 5.15 Å². The van der Waals surface area contributed by atoms with Crippen LogP contribution in [0.1, 0.15) is 6.42 Å². The molecule has 1 rings (SSSR count). The van der Waals surface area contributed by atoms with Gasteiger partial charge in [0.15, 0.2) is 0 Å². The first-order chi connectivity index (χ1) is 6.87. The fraction of sp³-hybridized carbons (Fsp3) is 0.250. The molecule has 0 atom stereocenters. The number of alkyl halides is 3. The zero-order chi connectivity index (χ0) is 11.5. The Hall–Kier alpha value is -1.30. The highest BCUT2D eigenvalue weighted by atomic mass is 35.5. The number of carbonyl (C=O) groups is 1. The lowest BCUT2D eigenvalue weighted by atomic mass is 10.4. The van der Waals surface area contributed by atoms with Crippen LogP contribution in [-0.4, -0.2) is 17.1 Å². The molecule has 3 nitrogen and oxygen atoms in total. The first kappa shape index (κ1) is 11.8. The second-order valence-electron chi connectivity index (χ2n) is 2.69. The van der Waals surface area contributed by atoms with E-state index in [1.54, 1.807) is 0 Å². The second kappa shape index (κ2) is 4.48. The predicted octanol–water partition coefficient (Wildman–Crippen LogP) is 2.63. The van der Waals surface area contributed by atoms with Crippen molar-refractivity contribution in [3.8, 4) is 0 Å². The number of nitrogens with zero attached hydrogens (tertiary/aromatic N) is 1. The van der Waals surface area contributed by atoms with Gasteiger partial charge >= 0.3 is 6.18 Å². The minimum Gasteiger partial charge on any atom is -0.310 e. The smallest absolute Gasteiger partial charge is 0.310 e. The lowest BCUT2D eigenvalue weighted by Gasteiger charge is -2.06. The average Bonchev–Trinajstić information content (AvgIpc) is 1.99. The van der Waals surface area contributed by atoms with Crippen molar-refractivity contribution in [3.63, 3.8) is 0 Å². The maximum absolute atomic E-state index is 11.8. The van der Waals surface area contributed by atoms with Crippen LogP contribution in [0.4, 0.5) is 19.0 Å². The quantitative estimate of drug-likeness (QED) is 0.805. The van der Waals surface area contributed by atoms with Crippen molar-refractivity contribution < 1.29 is 18.0 Å². The molecule has 0 aliphatic carbocycles. The summed E-state index contributed by atoms with van der Waals surface area (Å²) in [6.07, 6.45) is -6.07. The molecule has 0 radical (unpaired) electrons. The molecule has 0 bridgehead atoms. The van der Waals surface area contributed by atoms with Crippen molar-refractivity contribution in [2.75, 3.05) is 5.32 Å². The molecule has 0 unspecified atom stereocenters. The summed E-state index contributed by atoms with van der Waals surface area (Å²) in [6.45, 7) is 0. The van der Waals surface area contributed by atoms with Gasteiger partial charge in [0.2, 0.25) is 5.91 Å². The van der Waals surface area contributed by atoms with Gasteiger partial charge in [-0.05, 0) is 12.1 Å². The summed E-state index contributed by atoms with van der Waals surface area (Å²) >= 11 is 5.48. The van der Waals surface area contributed by atoms with Crippen molar-refractivity contribution in [1.29, 1.82) is 0 Å². The lowest BCUT2D eigenvalue weighted by Crippen LogP contribution is -2.21. The summed E-state index contributed by atoms with van der Waals surface area (Å²) < 4.78 is 35.3. The number of aromatic nitrogens is 1. The Labute approximate surface area is 88.3 Å². The van der Waals surface area contributed by atoms with Crippen LogP contribution in [0.5, 0.6) is 0 Å². The maximum atomic E-state index is 11.8. The maximum Gasteiger partial charge on any atom is 0.397 e. The van der Waals surface area contributed by atoms with Crippen LogP contribution in [0, 0.1) is 0 Å². The van der Waals surface area contributed by atoms with Crippen LogP contribution in [0.15, 0.2) is 18.2 Å². The van der Waals surface area contributed by atoms with E-state index in [1.165, 1.54) is 18.2 Å². The van der Waals surface area contributed by atoms with E-state index in [0.29, 0.717) is 0 Å². The molecular formula is C8H6ClF3N2O. The van der Waals surface area contributed by atoms with Crippen LogP contribution in [0.25, 0.3) is 0 Å². The largest absolute Gasteiger partial charge is 0.397 e. The molecule has 1 aromatic heterocycles. The van der Waals surface area contributed by atoms with Gasteiger partial charge in [-0.2, -0.15) is 13.2 Å². The summed E-state index contributed by atoms with van der Waals surface area (Å²) in [5.74, 6) is -1.17. The molecule has 0 spiro atoms. The van der Waals surface area contributed by atoms with E-state index < -0.39 is 18.5 Å². The summed E-state index contributed by atoms with van der Waals surface area (Å²) in [7, 11) is 0. The monoisotopic (exact) mass is 238 g/mol. The van der Waals surface area contributed by atoms with E-state index >= 15 is 0 Å². The normalized spacial score (nSPS) is 11.2. The highest BCUT2D eigenvalue weighted by molar-refractivity contribution is 6.29. The van der Waals surface area contributed by atoms with Crippen molar-refractivity contribution >= 4 is 23.3 Å². The SMILES string of the molecule is O=C(CC(F)(F)F)Nc1cccc(Cl)n1. The first-order valence-corrected chi connectivity index (χ1v) is 4.24. The van der Waals surface area contributed by atoms with Gasteiger partial charge in [0.05, 0.1) is 0 Å².